The Morgan fingerprint density at radius 2 is 1.89 bits per heavy atom. The van der Waals surface area contributed by atoms with Crippen LogP contribution in [0.1, 0.15) is 10.5 Å². The number of carbonyl (C=O) groups excluding carboxylic acids is 1. The van der Waals surface area contributed by atoms with Gasteiger partial charge in [-0.25, -0.2) is 9.07 Å². The molecule has 0 unspecified atom stereocenters. The summed E-state index contributed by atoms with van der Waals surface area (Å²) in [6.45, 7) is 0. The number of anilines is 1. The molecule has 0 atom stereocenters. The van der Waals surface area contributed by atoms with Crippen LogP contribution < -0.4 is 10.7 Å². The third-order valence-corrected chi connectivity index (χ3v) is 4.18. The number of carbonyl (C=O) groups is 1. The SMILES string of the molecule is O=C(Nc1ccc([N+](=O)[O-])cc1Br)c1nn(-c2ccc(F)cc2)ccc1=O. The van der Waals surface area contributed by atoms with Crippen LogP contribution in [0.25, 0.3) is 5.69 Å². The van der Waals surface area contributed by atoms with Crippen LogP contribution in [0.3, 0.4) is 0 Å². The van der Waals surface area contributed by atoms with Gasteiger partial charge in [0.25, 0.3) is 11.6 Å². The number of hydrogen-bond acceptors (Lipinski definition) is 5. The Labute approximate surface area is 159 Å². The third-order valence-electron chi connectivity index (χ3n) is 3.53. The fraction of sp³-hybridized carbons (Fsp3) is 0. The van der Waals surface area contributed by atoms with Crippen LogP contribution in [0, 0.1) is 15.9 Å². The molecule has 0 spiro atoms. The van der Waals surface area contributed by atoms with Gasteiger partial charge < -0.3 is 5.32 Å². The van der Waals surface area contributed by atoms with Gasteiger partial charge in [0, 0.05) is 28.9 Å². The summed E-state index contributed by atoms with van der Waals surface area (Å²) in [6.07, 6.45) is 1.36. The second kappa shape index (κ2) is 7.46. The lowest BCUT2D eigenvalue weighted by Gasteiger charge is -2.09. The quantitative estimate of drug-likeness (QED) is 0.502. The first kappa shape index (κ1) is 18.4. The first-order chi connectivity index (χ1) is 12.8. The first-order valence-electron chi connectivity index (χ1n) is 7.46. The highest BCUT2D eigenvalue weighted by Crippen LogP contribution is 2.27. The summed E-state index contributed by atoms with van der Waals surface area (Å²) in [5.74, 6) is -1.22. The molecule has 1 amide bonds. The van der Waals surface area contributed by atoms with Crippen LogP contribution in [-0.2, 0) is 0 Å². The second-order valence-electron chi connectivity index (χ2n) is 5.32. The Hall–Kier alpha value is -3.40. The molecule has 1 aromatic heterocycles. The minimum absolute atomic E-state index is 0.156. The van der Waals surface area contributed by atoms with Crippen LogP contribution in [-0.4, -0.2) is 20.6 Å². The van der Waals surface area contributed by atoms with Gasteiger partial charge >= 0.3 is 0 Å². The van der Waals surface area contributed by atoms with Gasteiger partial charge in [-0.05, 0) is 46.3 Å². The van der Waals surface area contributed by atoms with E-state index >= 15 is 0 Å². The number of nitrogens with zero attached hydrogens (tertiary/aromatic N) is 3. The van der Waals surface area contributed by atoms with Crippen molar-refractivity contribution in [2.75, 3.05) is 5.32 Å². The molecule has 3 aromatic rings. The maximum atomic E-state index is 13.0. The van der Waals surface area contributed by atoms with Gasteiger partial charge in [-0.15, -0.1) is 0 Å². The van der Waals surface area contributed by atoms with Gasteiger partial charge in [-0.2, -0.15) is 5.10 Å². The molecule has 0 fully saturated rings. The molecule has 10 heteroatoms. The number of hydrogen-bond donors (Lipinski definition) is 1. The van der Waals surface area contributed by atoms with Crippen molar-refractivity contribution in [3.05, 3.63) is 91.0 Å². The monoisotopic (exact) mass is 432 g/mol. The number of non-ortho nitro benzene ring substituents is 1. The number of halogens is 2. The van der Waals surface area contributed by atoms with Gasteiger partial charge in [-0.3, -0.25) is 19.7 Å². The number of nitro benzene ring substituents is 1. The van der Waals surface area contributed by atoms with Crippen molar-refractivity contribution in [1.82, 2.24) is 9.78 Å². The predicted octanol–water partition coefficient (Wildman–Crippen LogP) is 3.29. The molecule has 0 saturated carbocycles. The highest BCUT2D eigenvalue weighted by molar-refractivity contribution is 9.10. The number of aromatic nitrogens is 2. The lowest BCUT2D eigenvalue weighted by molar-refractivity contribution is -0.384. The lowest BCUT2D eigenvalue weighted by atomic mass is 10.2. The van der Waals surface area contributed by atoms with Crippen LogP contribution >= 0.6 is 15.9 Å². The highest BCUT2D eigenvalue weighted by atomic mass is 79.9. The molecule has 0 aliphatic rings. The number of amides is 1. The van der Waals surface area contributed by atoms with E-state index in [9.17, 15) is 24.1 Å². The molecule has 8 nitrogen and oxygen atoms in total. The summed E-state index contributed by atoms with van der Waals surface area (Å²) in [4.78, 5) is 34.7. The lowest BCUT2D eigenvalue weighted by Crippen LogP contribution is -2.25. The fourth-order valence-electron chi connectivity index (χ4n) is 2.20. The summed E-state index contributed by atoms with van der Waals surface area (Å²) in [6, 6.07) is 10.3. The van der Waals surface area contributed by atoms with E-state index in [0.29, 0.717) is 5.69 Å². The van der Waals surface area contributed by atoms with E-state index in [1.165, 1.54) is 53.3 Å². The van der Waals surface area contributed by atoms with Crippen molar-refractivity contribution in [2.45, 2.75) is 0 Å². The Morgan fingerprint density at radius 3 is 2.52 bits per heavy atom. The molecule has 1 heterocycles. The van der Waals surface area contributed by atoms with Gasteiger partial charge in [0.15, 0.2) is 5.69 Å². The van der Waals surface area contributed by atoms with E-state index in [1.54, 1.807) is 0 Å². The van der Waals surface area contributed by atoms with E-state index in [1.807, 2.05) is 0 Å². The second-order valence-corrected chi connectivity index (χ2v) is 6.18. The molecule has 1 N–H and O–H groups in total. The number of nitro groups is 1. The van der Waals surface area contributed by atoms with Crippen molar-refractivity contribution in [3.8, 4) is 5.69 Å². The summed E-state index contributed by atoms with van der Waals surface area (Å²) in [7, 11) is 0. The van der Waals surface area contributed by atoms with Crippen molar-refractivity contribution in [2.24, 2.45) is 0 Å². The largest absolute Gasteiger partial charge is 0.319 e. The zero-order valence-corrected chi connectivity index (χ0v) is 15.0. The molecule has 2 aromatic carbocycles. The van der Waals surface area contributed by atoms with Gasteiger partial charge in [-0.1, -0.05) is 0 Å². The van der Waals surface area contributed by atoms with Gasteiger partial charge in [0.1, 0.15) is 5.82 Å². The van der Waals surface area contributed by atoms with Crippen molar-refractivity contribution in [3.63, 3.8) is 0 Å². The molecule has 0 aliphatic heterocycles. The number of benzene rings is 2. The summed E-state index contributed by atoms with van der Waals surface area (Å²) < 4.78 is 14.6. The third kappa shape index (κ3) is 4.06. The van der Waals surface area contributed by atoms with Crippen molar-refractivity contribution >= 4 is 33.2 Å². The molecule has 0 radical (unpaired) electrons. The summed E-state index contributed by atoms with van der Waals surface area (Å²) in [5, 5.41) is 17.2. The number of rotatable bonds is 4. The zero-order chi connectivity index (χ0) is 19.6. The fourth-order valence-corrected chi connectivity index (χ4v) is 2.67. The topological polar surface area (TPSA) is 107 Å². The number of nitrogens with one attached hydrogen (secondary N) is 1. The van der Waals surface area contributed by atoms with Crippen molar-refractivity contribution < 1.29 is 14.1 Å². The van der Waals surface area contributed by atoms with E-state index in [0.717, 1.165) is 6.07 Å². The van der Waals surface area contributed by atoms with E-state index < -0.39 is 22.1 Å². The Morgan fingerprint density at radius 1 is 1.19 bits per heavy atom. The maximum Gasteiger partial charge on any atom is 0.280 e. The Balaban J connectivity index is 1.91. The Kier molecular flexibility index (Phi) is 5.08. The first-order valence-corrected chi connectivity index (χ1v) is 8.25. The van der Waals surface area contributed by atoms with E-state index in [4.69, 9.17) is 0 Å². The van der Waals surface area contributed by atoms with E-state index in [-0.39, 0.29) is 21.5 Å². The molecule has 0 aliphatic carbocycles. The Bertz CT molecular complexity index is 1100. The van der Waals surface area contributed by atoms with Gasteiger partial charge in [0.2, 0.25) is 5.43 Å². The smallest absolute Gasteiger partial charge is 0.280 e. The standard InChI is InChI=1S/C17H10BrFN4O4/c18-13-9-12(23(26)27)5-6-14(13)20-17(25)16-15(24)7-8-22(21-16)11-3-1-10(19)2-4-11/h1-9H,(H,20,25). The zero-order valence-electron chi connectivity index (χ0n) is 13.4. The van der Waals surface area contributed by atoms with Crippen LogP contribution in [0.5, 0.6) is 0 Å². The predicted molar refractivity (Wildman–Crippen MR) is 98.5 cm³/mol. The molecule has 3 rings (SSSR count). The summed E-state index contributed by atoms with van der Waals surface area (Å²) >= 11 is 3.13. The summed E-state index contributed by atoms with van der Waals surface area (Å²) in [5.41, 5.74) is -0.446. The van der Waals surface area contributed by atoms with Crippen LogP contribution in [0.15, 0.2) is 64.0 Å². The molecule has 0 saturated heterocycles. The van der Waals surface area contributed by atoms with Crippen LogP contribution in [0.2, 0.25) is 0 Å². The van der Waals surface area contributed by atoms with Crippen LogP contribution in [0.4, 0.5) is 15.8 Å². The molecule has 27 heavy (non-hydrogen) atoms. The molecular formula is C17H10BrFN4O4. The molecule has 0 bridgehead atoms. The molecule has 136 valence electrons. The van der Waals surface area contributed by atoms with Crippen molar-refractivity contribution in [1.29, 1.82) is 0 Å². The average molecular weight is 433 g/mol. The van der Waals surface area contributed by atoms with E-state index in [2.05, 4.69) is 26.3 Å². The minimum Gasteiger partial charge on any atom is -0.319 e. The van der Waals surface area contributed by atoms with Gasteiger partial charge in [0.05, 0.1) is 16.3 Å². The maximum absolute atomic E-state index is 13.0. The highest BCUT2D eigenvalue weighted by Gasteiger charge is 2.16. The normalized spacial score (nSPS) is 10.4. The molecular weight excluding hydrogens is 423 g/mol. The minimum atomic E-state index is -0.786. The average Bonchev–Trinajstić information content (AvgIpc) is 2.64.